The van der Waals surface area contributed by atoms with E-state index in [9.17, 15) is 21.6 Å². The molecule has 1 aliphatic rings. The molecular formula is C12H11F3O4S. The van der Waals surface area contributed by atoms with Gasteiger partial charge in [0, 0.05) is 5.92 Å². The summed E-state index contributed by atoms with van der Waals surface area (Å²) in [5.74, 6) is -0.674. The minimum atomic E-state index is -5.67. The van der Waals surface area contributed by atoms with Crippen LogP contribution in [0.25, 0.3) is 0 Å². The van der Waals surface area contributed by atoms with E-state index in [1.54, 1.807) is 0 Å². The number of hydrogen-bond acceptors (Lipinski definition) is 4. The summed E-state index contributed by atoms with van der Waals surface area (Å²) in [7, 11) is -5.67. The molecular weight excluding hydrogens is 297 g/mol. The quantitative estimate of drug-likeness (QED) is 0.636. The smallest absolute Gasteiger partial charge is 0.464 e. The third-order valence-corrected chi connectivity index (χ3v) is 3.69. The Hall–Kier alpha value is -1.70. The van der Waals surface area contributed by atoms with E-state index in [1.165, 1.54) is 6.08 Å². The molecule has 1 aromatic rings. The molecule has 2 rings (SSSR count). The Bertz CT molecular complexity index is 593. The van der Waals surface area contributed by atoms with Crippen molar-refractivity contribution in [1.82, 2.24) is 0 Å². The van der Waals surface area contributed by atoms with Crippen molar-refractivity contribution < 1.29 is 30.5 Å². The summed E-state index contributed by atoms with van der Waals surface area (Å²) in [6, 6.07) is 9.23. The molecule has 8 heteroatoms. The van der Waals surface area contributed by atoms with E-state index in [0.29, 0.717) is 6.42 Å². The molecule has 0 bridgehead atoms. The minimum Gasteiger partial charge on any atom is -0.464 e. The maximum Gasteiger partial charge on any atom is 0.534 e. The molecule has 0 saturated carbocycles. The number of hydrogen-bond donors (Lipinski definition) is 0. The lowest BCUT2D eigenvalue weighted by Gasteiger charge is -2.22. The van der Waals surface area contributed by atoms with E-state index >= 15 is 0 Å². The van der Waals surface area contributed by atoms with Crippen molar-refractivity contribution in [1.29, 1.82) is 0 Å². The first-order valence-electron chi connectivity index (χ1n) is 5.68. The lowest BCUT2D eigenvalue weighted by atomic mass is 9.96. The Labute approximate surface area is 113 Å². The Kier molecular flexibility index (Phi) is 3.94. The third-order valence-electron chi connectivity index (χ3n) is 2.74. The topological polar surface area (TPSA) is 52.6 Å². The Morgan fingerprint density at radius 2 is 1.85 bits per heavy atom. The van der Waals surface area contributed by atoms with Gasteiger partial charge in [0.1, 0.15) is 0 Å². The van der Waals surface area contributed by atoms with Crippen LogP contribution < -0.4 is 0 Å². The molecule has 1 atom stereocenters. The van der Waals surface area contributed by atoms with E-state index in [0.717, 1.165) is 5.56 Å². The van der Waals surface area contributed by atoms with E-state index < -0.39 is 21.6 Å². The van der Waals surface area contributed by atoms with Crippen molar-refractivity contribution in [3.05, 3.63) is 47.9 Å². The molecule has 20 heavy (non-hydrogen) atoms. The van der Waals surface area contributed by atoms with Crippen LogP contribution in [0.4, 0.5) is 13.2 Å². The first kappa shape index (κ1) is 14.7. The van der Waals surface area contributed by atoms with Crippen molar-refractivity contribution >= 4 is 10.1 Å². The van der Waals surface area contributed by atoms with Gasteiger partial charge in [-0.15, -0.1) is 0 Å². The average molecular weight is 308 g/mol. The number of allylic oxidation sites excluding steroid dienone is 1. The van der Waals surface area contributed by atoms with Crippen LogP contribution in [0.5, 0.6) is 0 Å². The van der Waals surface area contributed by atoms with Crippen LogP contribution in [-0.2, 0) is 19.0 Å². The van der Waals surface area contributed by atoms with Crippen LogP contribution in [0.2, 0.25) is 0 Å². The molecule has 4 nitrogen and oxygen atoms in total. The molecule has 0 radical (unpaired) electrons. The summed E-state index contributed by atoms with van der Waals surface area (Å²) in [5, 5.41) is 0. The van der Waals surface area contributed by atoms with Crippen molar-refractivity contribution in [2.75, 3.05) is 6.61 Å². The normalized spacial score (nSPS) is 19.9. The molecule has 0 spiro atoms. The summed E-state index contributed by atoms with van der Waals surface area (Å²) >= 11 is 0. The molecule has 0 aromatic heterocycles. The first-order chi connectivity index (χ1) is 9.29. The minimum absolute atomic E-state index is 0.0443. The number of benzene rings is 1. The molecule has 0 N–H and O–H groups in total. The summed E-state index contributed by atoms with van der Waals surface area (Å²) < 4.78 is 66.9. The van der Waals surface area contributed by atoms with Crippen molar-refractivity contribution in [3.63, 3.8) is 0 Å². The first-order valence-corrected chi connectivity index (χ1v) is 7.09. The van der Waals surface area contributed by atoms with Gasteiger partial charge in [-0.3, -0.25) is 0 Å². The number of alkyl halides is 3. The van der Waals surface area contributed by atoms with Gasteiger partial charge in [-0.1, -0.05) is 30.3 Å². The van der Waals surface area contributed by atoms with E-state index in [-0.39, 0.29) is 12.5 Å². The maximum absolute atomic E-state index is 12.1. The summed E-state index contributed by atoms with van der Waals surface area (Å²) in [4.78, 5) is 0. The van der Waals surface area contributed by atoms with Crippen LogP contribution in [0, 0.1) is 0 Å². The van der Waals surface area contributed by atoms with Gasteiger partial charge in [-0.05, 0) is 18.1 Å². The Balaban J connectivity index is 2.04. The standard InChI is InChI=1S/C12H11F3O4S/c13-12(14,15)20(16,17)19-11-7-6-10(8-18-11)9-4-2-1-3-5-9/h1-5,7,10H,6,8H2. The maximum atomic E-state index is 12.1. The molecule has 1 heterocycles. The summed E-state index contributed by atoms with van der Waals surface area (Å²) in [5.41, 5.74) is -4.51. The monoisotopic (exact) mass is 308 g/mol. The van der Waals surface area contributed by atoms with Crippen molar-refractivity contribution in [2.45, 2.75) is 17.8 Å². The van der Waals surface area contributed by atoms with Crippen LogP contribution in [0.3, 0.4) is 0 Å². The lowest BCUT2D eigenvalue weighted by molar-refractivity contribution is -0.0570. The zero-order valence-corrected chi connectivity index (χ0v) is 10.9. The van der Waals surface area contributed by atoms with E-state index in [2.05, 4.69) is 4.18 Å². The van der Waals surface area contributed by atoms with Gasteiger partial charge in [0.2, 0.25) is 0 Å². The summed E-state index contributed by atoms with van der Waals surface area (Å²) in [6.07, 6.45) is 1.54. The number of rotatable bonds is 3. The van der Waals surface area contributed by atoms with Crippen molar-refractivity contribution in [2.24, 2.45) is 0 Å². The second-order valence-corrected chi connectivity index (χ2v) is 5.70. The number of ether oxygens (including phenoxy) is 1. The molecule has 1 unspecified atom stereocenters. The lowest BCUT2D eigenvalue weighted by Crippen LogP contribution is -2.27. The largest absolute Gasteiger partial charge is 0.534 e. The fourth-order valence-corrected chi connectivity index (χ4v) is 2.15. The molecule has 0 aliphatic carbocycles. The molecule has 0 saturated heterocycles. The van der Waals surface area contributed by atoms with Gasteiger partial charge in [-0.2, -0.15) is 21.6 Å². The van der Waals surface area contributed by atoms with Gasteiger partial charge in [-0.25, -0.2) is 0 Å². The van der Waals surface area contributed by atoms with Gasteiger partial charge in [0.25, 0.3) is 5.95 Å². The van der Waals surface area contributed by atoms with Gasteiger partial charge in [0.05, 0.1) is 6.61 Å². The van der Waals surface area contributed by atoms with Gasteiger partial charge < -0.3 is 8.92 Å². The molecule has 110 valence electrons. The predicted octanol–water partition coefficient (Wildman–Crippen LogP) is 2.90. The molecule has 0 amide bonds. The highest BCUT2D eigenvalue weighted by molar-refractivity contribution is 7.87. The molecule has 1 aliphatic heterocycles. The molecule has 1 aromatic carbocycles. The van der Waals surface area contributed by atoms with Crippen molar-refractivity contribution in [3.8, 4) is 0 Å². The fourth-order valence-electron chi connectivity index (χ4n) is 1.72. The van der Waals surface area contributed by atoms with Gasteiger partial charge >= 0.3 is 15.6 Å². The highest BCUT2D eigenvalue weighted by Gasteiger charge is 2.49. The van der Waals surface area contributed by atoms with Crippen LogP contribution in [0.15, 0.2) is 42.4 Å². The van der Waals surface area contributed by atoms with E-state index in [1.807, 2.05) is 30.3 Å². The highest BCUT2D eigenvalue weighted by Crippen LogP contribution is 2.31. The van der Waals surface area contributed by atoms with Crippen LogP contribution in [-0.4, -0.2) is 20.5 Å². The fraction of sp³-hybridized carbons (Fsp3) is 0.333. The average Bonchev–Trinajstić information content (AvgIpc) is 2.39. The molecule has 0 fully saturated rings. The van der Waals surface area contributed by atoms with Crippen LogP contribution in [0.1, 0.15) is 17.9 Å². The van der Waals surface area contributed by atoms with Gasteiger partial charge in [0.15, 0.2) is 0 Å². The van der Waals surface area contributed by atoms with Crippen LogP contribution >= 0.6 is 0 Å². The third kappa shape index (κ3) is 3.24. The SMILES string of the molecule is O=S(=O)(OC1=CCC(c2ccccc2)CO1)C(F)(F)F. The Morgan fingerprint density at radius 1 is 1.20 bits per heavy atom. The zero-order chi connectivity index (χ0) is 14.8. The predicted molar refractivity (Wildman–Crippen MR) is 63.9 cm³/mol. The number of halogens is 3. The highest BCUT2D eigenvalue weighted by atomic mass is 32.2. The van der Waals surface area contributed by atoms with E-state index in [4.69, 9.17) is 4.74 Å². The second kappa shape index (κ2) is 5.35. The summed E-state index contributed by atoms with van der Waals surface area (Å²) in [6.45, 7) is 0.0588. The zero-order valence-electron chi connectivity index (χ0n) is 10.1. The Morgan fingerprint density at radius 3 is 2.35 bits per heavy atom. The second-order valence-electron chi connectivity index (χ2n) is 4.16.